The minimum absolute atomic E-state index is 0.152. The Morgan fingerprint density at radius 2 is 2.23 bits per heavy atom. The maximum atomic E-state index is 11.9. The molecule has 0 aromatic carbocycles. The first kappa shape index (κ1) is 16.7. The predicted molar refractivity (Wildman–Crippen MR) is 87.5 cm³/mol. The molecule has 1 aliphatic rings. The molecule has 122 valence electrons. The monoisotopic (exact) mass is 305 g/mol. The van der Waals surface area contributed by atoms with E-state index in [1.165, 1.54) is 0 Å². The molecule has 1 fully saturated rings. The van der Waals surface area contributed by atoms with E-state index in [0.717, 1.165) is 57.4 Å². The van der Waals surface area contributed by atoms with Gasteiger partial charge in [-0.15, -0.1) is 5.10 Å². The number of anilines is 1. The molecule has 6 heteroatoms. The molecule has 1 saturated heterocycles. The van der Waals surface area contributed by atoms with Gasteiger partial charge in [-0.2, -0.15) is 5.10 Å². The molecule has 1 aromatic heterocycles. The van der Waals surface area contributed by atoms with Crippen molar-refractivity contribution in [3.63, 3.8) is 0 Å². The SMILES string of the molecule is NCCCCCCC(=O)NCC1CCCN1c1cccnn1. The number of carbonyl (C=O) groups excluding carboxylic acids is 1. The fraction of sp³-hybridized carbons (Fsp3) is 0.688. The van der Waals surface area contributed by atoms with Gasteiger partial charge in [0.25, 0.3) is 0 Å². The number of amides is 1. The van der Waals surface area contributed by atoms with Gasteiger partial charge >= 0.3 is 0 Å². The lowest BCUT2D eigenvalue weighted by Crippen LogP contribution is -2.40. The Labute approximate surface area is 132 Å². The zero-order chi connectivity index (χ0) is 15.6. The number of rotatable bonds is 9. The third-order valence-electron chi connectivity index (χ3n) is 4.12. The Bertz CT molecular complexity index is 439. The van der Waals surface area contributed by atoms with Crippen LogP contribution < -0.4 is 16.0 Å². The zero-order valence-electron chi connectivity index (χ0n) is 13.2. The van der Waals surface area contributed by atoms with Crippen LogP contribution in [0, 0.1) is 0 Å². The van der Waals surface area contributed by atoms with Crippen LogP contribution in [-0.4, -0.2) is 41.8 Å². The molecule has 1 aliphatic heterocycles. The van der Waals surface area contributed by atoms with E-state index in [-0.39, 0.29) is 5.91 Å². The van der Waals surface area contributed by atoms with Crippen molar-refractivity contribution in [3.8, 4) is 0 Å². The molecule has 1 amide bonds. The number of nitrogens with two attached hydrogens (primary N) is 1. The second-order valence-corrected chi connectivity index (χ2v) is 5.83. The molecular formula is C16H27N5O. The van der Waals surface area contributed by atoms with Crippen LogP contribution in [0.4, 0.5) is 5.82 Å². The normalized spacial score (nSPS) is 17.7. The van der Waals surface area contributed by atoms with Crippen molar-refractivity contribution >= 4 is 11.7 Å². The molecule has 1 atom stereocenters. The first-order valence-corrected chi connectivity index (χ1v) is 8.32. The van der Waals surface area contributed by atoms with Crippen molar-refractivity contribution in [2.45, 2.75) is 51.0 Å². The lowest BCUT2D eigenvalue weighted by atomic mass is 10.1. The standard InChI is InChI=1S/C16H27N5O/c17-10-4-2-1-3-9-16(22)18-13-14-7-6-12-21(14)15-8-5-11-19-20-15/h5,8,11,14H,1-4,6-7,9-10,12-13,17H2,(H,18,22). The summed E-state index contributed by atoms with van der Waals surface area (Å²) in [4.78, 5) is 14.1. The van der Waals surface area contributed by atoms with Gasteiger partial charge in [0.05, 0.1) is 0 Å². The molecule has 22 heavy (non-hydrogen) atoms. The highest BCUT2D eigenvalue weighted by Gasteiger charge is 2.25. The molecule has 0 aliphatic carbocycles. The number of nitrogens with zero attached hydrogens (tertiary/aromatic N) is 3. The highest BCUT2D eigenvalue weighted by atomic mass is 16.1. The molecule has 0 spiro atoms. The van der Waals surface area contributed by atoms with Crippen LogP contribution in [0.2, 0.25) is 0 Å². The van der Waals surface area contributed by atoms with Gasteiger partial charge in [0.1, 0.15) is 0 Å². The summed E-state index contributed by atoms with van der Waals surface area (Å²) < 4.78 is 0. The van der Waals surface area contributed by atoms with E-state index in [9.17, 15) is 4.79 Å². The summed E-state index contributed by atoms with van der Waals surface area (Å²) in [6.07, 6.45) is 8.72. The van der Waals surface area contributed by atoms with E-state index in [4.69, 9.17) is 5.73 Å². The highest BCUT2D eigenvalue weighted by Crippen LogP contribution is 2.22. The van der Waals surface area contributed by atoms with Crippen molar-refractivity contribution in [1.82, 2.24) is 15.5 Å². The summed E-state index contributed by atoms with van der Waals surface area (Å²) in [5, 5.41) is 11.2. The molecule has 1 aromatic rings. The van der Waals surface area contributed by atoms with Crippen molar-refractivity contribution < 1.29 is 4.79 Å². The van der Waals surface area contributed by atoms with Crippen LogP contribution in [-0.2, 0) is 4.79 Å². The molecule has 2 rings (SSSR count). The van der Waals surface area contributed by atoms with E-state index >= 15 is 0 Å². The fourth-order valence-electron chi connectivity index (χ4n) is 2.90. The Kier molecular flexibility index (Phi) is 7.09. The molecule has 0 saturated carbocycles. The van der Waals surface area contributed by atoms with Crippen LogP contribution in [0.3, 0.4) is 0 Å². The van der Waals surface area contributed by atoms with Crippen molar-refractivity contribution in [2.75, 3.05) is 24.5 Å². The quantitative estimate of drug-likeness (QED) is 0.675. The molecule has 2 heterocycles. The molecule has 6 nitrogen and oxygen atoms in total. The molecule has 1 unspecified atom stereocenters. The topological polar surface area (TPSA) is 84.1 Å². The van der Waals surface area contributed by atoms with Gasteiger partial charge in [-0.05, 0) is 44.4 Å². The first-order chi connectivity index (χ1) is 10.8. The number of hydrogen-bond acceptors (Lipinski definition) is 5. The van der Waals surface area contributed by atoms with E-state index in [1.54, 1.807) is 6.20 Å². The molecule has 0 radical (unpaired) electrons. The molecular weight excluding hydrogens is 278 g/mol. The van der Waals surface area contributed by atoms with Crippen molar-refractivity contribution in [2.24, 2.45) is 5.73 Å². The van der Waals surface area contributed by atoms with Crippen molar-refractivity contribution in [3.05, 3.63) is 18.3 Å². The largest absolute Gasteiger partial charge is 0.354 e. The van der Waals surface area contributed by atoms with Gasteiger partial charge in [-0.3, -0.25) is 4.79 Å². The third kappa shape index (κ3) is 5.26. The summed E-state index contributed by atoms with van der Waals surface area (Å²) >= 11 is 0. The Morgan fingerprint density at radius 3 is 3.00 bits per heavy atom. The minimum Gasteiger partial charge on any atom is -0.354 e. The lowest BCUT2D eigenvalue weighted by molar-refractivity contribution is -0.121. The minimum atomic E-state index is 0.152. The average Bonchev–Trinajstić information content (AvgIpc) is 3.02. The zero-order valence-corrected chi connectivity index (χ0v) is 13.2. The van der Waals surface area contributed by atoms with Crippen LogP contribution in [0.25, 0.3) is 0 Å². The van der Waals surface area contributed by atoms with E-state index < -0.39 is 0 Å². The summed E-state index contributed by atoms with van der Waals surface area (Å²) in [5.74, 6) is 1.06. The lowest BCUT2D eigenvalue weighted by Gasteiger charge is -2.25. The maximum absolute atomic E-state index is 11.9. The highest BCUT2D eigenvalue weighted by molar-refractivity contribution is 5.75. The smallest absolute Gasteiger partial charge is 0.220 e. The third-order valence-corrected chi connectivity index (χ3v) is 4.12. The van der Waals surface area contributed by atoms with Gasteiger partial charge < -0.3 is 16.0 Å². The Hall–Kier alpha value is -1.69. The van der Waals surface area contributed by atoms with Crippen molar-refractivity contribution in [1.29, 1.82) is 0 Å². The number of hydrogen-bond donors (Lipinski definition) is 2. The summed E-state index contributed by atoms with van der Waals surface area (Å²) in [6, 6.07) is 4.21. The maximum Gasteiger partial charge on any atom is 0.220 e. The van der Waals surface area contributed by atoms with Crippen LogP contribution in [0.1, 0.15) is 44.9 Å². The fourth-order valence-corrected chi connectivity index (χ4v) is 2.90. The molecule has 3 N–H and O–H groups in total. The van der Waals surface area contributed by atoms with Gasteiger partial charge in [-0.1, -0.05) is 12.8 Å². The number of aromatic nitrogens is 2. The second kappa shape index (κ2) is 9.35. The van der Waals surface area contributed by atoms with Gasteiger partial charge in [0, 0.05) is 31.7 Å². The summed E-state index contributed by atoms with van der Waals surface area (Å²) in [5.41, 5.74) is 5.46. The number of unbranched alkanes of at least 4 members (excludes halogenated alkanes) is 3. The van der Waals surface area contributed by atoms with Crippen LogP contribution in [0.15, 0.2) is 18.3 Å². The van der Waals surface area contributed by atoms with Crippen LogP contribution >= 0.6 is 0 Å². The number of carbonyl (C=O) groups is 1. The van der Waals surface area contributed by atoms with Crippen LogP contribution in [0.5, 0.6) is 0 Å². The van der Waals surface area contributed by atoms with Gasteiger partial charge in [0.2, 0.25) is 5.91 Å². The van der Waals surface area contributed by atoms with E-state index in [1.807, 2.05) is 12.1 Å². The second-order valence-electron chi connectivity index (χ2n) is 5.83. The summed E-state index contributed by atoms with van der Waals surface area (Å²) in [6.45, 7) is 2.42. The van der Waals surface area contributed by atoms with Gasteiger partial charge in [0.15, 0.2) is 5.82 Å². The first-order valence-electron chi connectivity index (χ1n) is 8.32. The Balaban J connectivity index is 1.68. The average molecular weight is 305 g/mol. The van der Waals surface area contributed by atoms with E-state index in [2.05, 4.69) is 20.4 Å². The Morgan fingerprint density at radius 1 is 1.36 bits per heavy atom. The van der Waals surface area contributed by atoms with E-state index in [0.29, 0.717) is 19.0 Å². The number of nitrogens with one attached hydrogen (secondary N) is 1. The summed E-state index contributed by atoms with van der Waals surface area (Å²) in [7, 11) is 0. The van der Waals surface area contributed by atoms with Gasteiger partial charge in [-0.25, -0.2) is 0 Å². The predicted octanol–water partition coefficient (Wildman–Crippen LogP) is 1.47. The molecule has 0 bridgehead atoms.